The first-order chi connectivity index (χ1) is 8.74. The van der Waals surface area contributed by atoms with Crippen LogP contribution in [-0.4, -0.2) is 16.5 Å². The molecule has 0 radical (unpaired) electrons. The van der Waals surface area contributed by atoms with Crippen molar-refractivity contribution in [3.63, 3.8) is 0 Å². The number of rotatable bonds is 4. The second-order valence-corrected chi connectivity index (χ2v) is 7.46. The largest absolute Gasteiger partial charge is 0.271 e. The summed E-state index contributed by atoms with van der Waals surface area (Å²) < 4.78 is 0.336. The van der Waals surface area contributed by atoms with Crippen LogP contribution in [0.4, 0.5) is 0 Å². The minimum Gasteiger partial charge on any atom is -0.271 e. The third-order valence-electron chi connectivity index (χ3n) is 4.58. The van der Waals surface area contributed by atoms with E-state index in [0.29, 0.717) is 22.6 Å². The molecule has 98 valence electrons. The molecule has 2 fully saturated rings. The maximum atomic E-state index is 5.86. The molecule has 0 bridgehead atoms. The summed E-state index contributed by atoms with van der Waals surface area (Å²) in [6, 6.07) is 11.3. The summed E-state index contributed by atoms with van der Waals surface area (Å²) in [5, 5.41) is 0. The fourth-order valence-corrected chi connectivity index (χ4v) is 4.93. The van der Waals surface area contributed by atoms with Crippen LogP contribution in [-0.2, 0) is 0 Å². The van der Waals surface area contributed by atoms with E-state index in [0.717, 1.165) is 0 Å². The molecule has 1 saturated carbocycles. The molecule has 1 heterocycles. The van der Waals surface area contributed by atoms with Crippen LogP contribution in [0.5, 0.6) is 0 Å². The lowest BCUT2D eigenvalue weighted by Gasteiger charge is -2.33. The lowest BCUT2D eigenvalue weighted by molar-refractivity contribution is 0.366. The minimum atomic E-state index is 0.336. The van der Waals surface area contributed by atoms with Gasteiger partial charge in [0.25, 0.3) is 0 Å². The molecule has 4 atom stereocenters. The molecule has 18 heavy (non-hydrogen) atoms. The molecule has 1 aromatic rings. The number of hydrazine groups is 1. The molecule has 0 amide bonds. The van der Waals surface area contributed by atoms with Crippen LogP contribution >= 0.6 is 11.8 Å². The Balaban J connectivity index is 1.72. The Hall–Kier alpha value is -0.510. The Labute approximate surface area is 114 Å². The predicted molar refractivity (Wildman–Crippen MR) is 78.5 cm³/mol. The van der Waals surface area contributed by atoms with Gasteiger partial charge in [0.1, 0.15) is 0 Å². The van der Waals surface area contributed by atoms with Gasteiger partial charge >= 0.3 is 0 Å². The highest BCUT2D eigenvalue weighted by Gasteiger charge is 2.51. The molecule has 0 spiro atoms. The second-order valence-electron chi connectivity index (χ2n) is 5.83. The van der Waals surface area contributed by atoms with Crippen LogP contribution in [0.1, 0.15) is 37.7 Å². The number of nitrogens with one attached hydrogen (secondary N) is 1. The zero-order chi connectivity index (χ0) is 12.6. The monoisotopic (exact) mass is 262 g/mol. The quantitative estimate of drug-likeness (QED) is 0.647. The maximum absolute atomic E-state index is 5.86. The molecule has 3 N–H and O–H groups in total. The van der Waals surface area contributed by atoms with E-state index in [9.17, 15) is 0 Å². The third kappa shape index (κ3) is 2.20. The number of hydrogen-bond acceptors (Lipinski definition) is 3. The van der Waals surface area contributed by atoms with Crippen molar-refractivity contribution in [1.82, 2.24) is 5.43 Å². The zero-order valence-corrected chi connectivity index (χ0v) is 11.7. The van der Waals surface area contributed by atoms with Crippen molar-refractivity contribution in [2.75, 3.05) is 5.75 Å². The van der Waals surface area contributed by atoms with E-state index in [1.807, 2.05) is 0 Å². The topological polar surface area (TPSA) is 38.0 Å². The Kier molecular flexibility index (Phi) is 3.39. The minimum absolute atomic E-state index is 0.336. The van der Waals surface area contributed by atoms with Crippen molar-refractivity contribution in [2.24, 2.45) is 11.8 Å². The fourth-order valence-electron chi connectivity index (χ4n) is 3.47. The van der Waals surface area contributed by atoms with Crippen molar-refractivity contribution in [1.29, 1.82) is 0 Å². The van der Waals surface area contributed by atoms with Crippen LogP contribution < -0.4 is 11.3 Å². The summed E-state index contributed by atoms with van der Waals surface area (Å²) in [7, 11) is 0. The molecule has 3 heteroatoms. The van der Waals surface area contributed by atoms with Crippen molar-refractivity contribution in [3.05, 3.63) is 35.9 Å². The molecule has 2 aliphatic rings. The molecular weight excluding hydrogens is 240 g/mol. The van der Waals surface area contributed by atoms with Crippen LogP contribution in [0.2, 0.25) is 0 Å². The normalized spacial score (nSPS) is 36.6. The van der Waals surface area contributed by atoms with Gasteiger partial charge in [-0.15, -0.1) is 0 Å². The molecular formula is C15H22N2S. The van der Waals surface area contributed by atoms with Gasteiger partial charge in [-0.05, 0) is 49.3 Å². The first-order valence-electron chi connectivity index (χ1n) is 6.89. The van der Waals surface area contributed by atoms with Crippen molar-refractivity contribution in [3.8, 4) is 0 Å². The number of hydrogen-bond donors (Lipinski definition) is 2. The standard InChI is InChI=1S/C15H22N2S/c1-15(8-5-9-18-15)14(17-16)13-10-12(13)11-6-3-2-4-7-11/h2-4,6-7,12-14,17H,5,8-10,16H2,1H3. The first kappa shape index (κ1) is 12.5. The fraction of sp³-hybridized carbons (Fsp3) is 0.600. The van der Waals surface area contributed by atoms with Crippen LogP contribution in [0, 0.1) is 5.92 Å². The molecule has 1 aliphatic heterocycles. The van der Waals surface area contributed by atoms with Gasteiger partial charge in [0.15, 0.2) is 0 Å². The number of nitrogens with two attached hydrogens (primary N) is 1. The van der Waals surface area contributed by atoms with Gasteiger partial charge in [-0.2, -0.15) is 11.8 Å². The van der Waals surface area contributed by atoms with Crippen LogP contribution in [0.25, 0.3) is 0 Å². The summed E-state index contributed by atoms with van der Waals surface area (Å²) in [5.74, 6) is 8.57. The second kappa shape index (κ2) is 4.87. The van der Waals surface area contributed by atoms with Gasteiger partial charge in [0.2, 0.25) is 0 Å². The van der Waals surface area contributed by atoms with E-state index in [-0.39, 0.29) is 0 Å². The van der Waals surface area contributed by atoms with Gasteiger partial charge in [0, 0.05) is 10.8 Å². The number of benzene rings is 1. The highest BCUT2D eigenvalue weighted by atomic mass is 32.2. The van der Waals surface area contributed by atoms with Gasteiger partial charge in [-0.1, -0.05) is 30.3 Å². The summed E-state index contributed by atoms with van der Waals surface area (Å²) in [5.41, 5.74) is 4.61. The Morgan fingerprint density at radius 3 is 2.78 bits per heavy atom. The zero-order valence-electron chi connectivity index (χ0n) is 10.9. The maximum Gasteiger partial charge on any atom is 0.0389 e. The molecule has 2 nitrogen and oxygen atoms in total. The summed E-state index contributed by atoms with van der Waals surface area (Å²) in [6.07, 6.45) is 3.92. The molecule has 1 aliphatic carbocycles. The van der Waals surface area contributed by atoms with Crippen molar-refractivity contribution >= 4 is 11.8 Å². The Morgan fingerprint density at radius 1 is 1.39 bits per heavy atom. The van der Waals surface area contributed by atoms with Gasteiger partial charge in [-0.3, -0.25) is 11.3 Å². The predicted octanol–water partition coefficient (Wildman–Crippen LogP) is 2.91. The van der Waals surface area contributed by atoms with E-state index in [1.54, 1.807) is 0 Å². The summed E-state index contributed by atoms with van der Waals surface area (Å²) >= 11 is 2.10. The van der Waals surface area contributed by atoms with Crippen molar-refractivity contribution in [2.45, 2.75) is 42.9 Å². The molecule has 1 saturated heterocycles. The Morgan fingerprint density at radius 2 is 2.17 bits per heavy atom. The first-order valence-corrected chi connectivity index (χ1v) is 7.88. The summed E-state index contributed by atoms with van der Waals surface area (Å²) in [6.45, 7) is 2.38. The third-order valence-corrected chi connectivity index (χ3v) is 6.19. The molecule has 4 unspecified atom stereocenters. The van der Waals surface area contributed by atoms with Crippen LogP contribution in [0.3, 0.4) is 0 Å². The van der Waals surface area contributed by atoms with Crippen LogP contribution in [0.15, 0.2) is 30.3 Å². The smallest absolute Gasteiger partial charge is 0.0389 e. The highest BCUT2D eigenvalue weighted by molar-refractivity contribution is 8.00. The summed E-state index contributed by atoms with van der Waals surface area (Å²) in [4.78, 5) is 0. The molecule has 3 rings (SSSR count). The lowest BCUT2D eigenvalue weighted by Crippen LogP contribution is -2.50. The van der Waals surface area contributed by atoms with E-state index in [4.69, 9.17) is 5.84 Å². The van der Waals surface area contributed by atoms with E-state index < -0.39 is 0 Å². The molecule has 1 aromatic carbocycles. The van der Waals surface area contributed by atoms with E-state index in [2.05, 4.69) is 54.4 Å². The highest BCUT2D eigenvalue weighted by Crippen LogP contribution is 2.55. The van der Waals surface area contributed by atoms with Gasteiger partial charge in [0.05, 0.1) is 0 Å². The van der Waals surface area contributed by atoms with E-state index in [1.165, 1.54) is 30.6 Å². The molecule has 0 aromatic heterocycles. The number of thioether (sulfide) groups is 1. The Bertz CT molecular complexity index is 400. The van der Waals surface area contributed by atoms with Gasteiger partial charge in [-0.25, -0.2) is 0 Å². The average Bonchev–Trinajstić information content (AvgIpc) is 3.05. The van der Waals surface area contributed by atoms with Crippen molar-refractivity contribution < 1.29 is 0 Å². The van der Waals surface area contributed by atoms with E-state index >= 15 is 0 Å². The van der Waals surface area contributed by atoms with Gasteiger partial charge < -0.3 is 0 Å². The average molecular weight is 262 g/mol. The SMILES string of the molecule is CC1(C(NN)C2CC2c2ccccc2)CCCS1. The lowest BCUT2D eigenvalue weighted by atomic mass is 9.91.